The summed E-state index contributed by atoms with van der Waals surface area (Å²) in [5.41, 5.74) is 0.869. The molecular weight excluding hydrogens is 464 g/mol. The van der Waals surface area contributed by atoms with Crippen molar-refractivity contribution in [3.8, 4) is 5.75 Å². The molecule has 1 aromatic heterocycles. The second-order valence-corrected chi connectivity index (χ2v) is 15.2. The summed E-state index contributed by atoms with van der Waals surface area (Å²) < 4.78 is 23.1. The summed E-state index contributed by atoms with van der Waals surface area (Å²) in [4.78, 5) is 1.16. The smallest absolute Gasteiger partial charge is 0.197 e. The van der Waals surface area contributed by atoms with Crippen LogP contribution in [0.3, 0.4) is 0 Å². The number of ether oxygens (including phenoxy) is 1. The number of thiophene rings is 1. The van der Waals surface area contributed by atoms with E-state index in [-0.39, 0.29) is 5.66 Å². The van der Waals surface area contributed by atoms with E-state index in [0.717, 1.165) is 21.6 Å². The van der Waals surface area contributed by atoms with Crippen LogP contribution < -0.4 is 10.0 Å². The van der Waals surface area contributed by atoms with Crippen molar-refractivity contribution in [2.45, 2.75) is 25.9 Å². The van der Waals surface area contributed by atoms with Gasteiger partial charge in [0.05, 0.1) is 37.9 Å². The van der Waals surface area contributed by atoms with Gasteiger partial charge in [-0.25, -0.2) is 0 Å². The molecule has 0 bridgehead atoms. The zero-order valence-corrected chi connectivity index (χ0v) is 20.9. The van der Waals surface area contributed by atoms with Crippen LogP contribution in [-0.2, 0) is 37.3 Å². The Bertz CT molecular complexity index is 921. The van der Waals surface area contributed by atoms with Crippen LogP contribution in [-0.4, -0.2) is 32.2 Å². The molecule has 0 aliphatic carbocycles. The van der Waals surface area contributed by atoms with E-state index in [0.29, 0.717) is 25.8 Å². The molecule has 3 rings (SSSR count). The fourth-order valence-corrected chi connectivity index (χ4v) is 10.6. The monoisotopic (exact) mass is 489 g/mol. The number of benzene rings is 1. The van der Waals surface area contributed by atoms with E-state index < -0.39 is 12.8 Å². The lowest BCUT2D eigenvalue weighted by molar-refractivity contribution is 0.260. The van der Waals surface area contributed by atoms with Crippen LogP contribution in [0.25, 0.3) is 0 Å². The Morgan fingerprint density at radius 3 is 2.45 bits per heavy atom. The predicted molar refractivity (Wildman–Crippen MR) is 130 cm³/mol. The minimum absolute atomic E-state index is 0.0582. The molecule has 0 fully saturated rings. The largest absolute Gasteiger partial charge is 0.497 e. The third kappa shape index (κ3) is 5.37. The average Bonchev–Trinajstić information content (AvgIpc) is 3.37. The van der Waals surface area contributed by atoms with Gasteiger partial charge in [0.2, 0.25) is 0 Å². The maximum Gasteiger partial charge on any atom is 0.197 e. The van der Waals surface area contributed by atoms with Gasteiger partial charge in [0, 0.05) is 16.6 Å². The van der Waals surface area contributed by atoms with Gasteiger partial charge in [-0.1, -0.05) is 11.2 Å². The highest BCUT2D eigenvalue weighted by atomic mass is 32.5. The van der Waals surface area contributed by atoms with Crippen molar-refractivity contribution in [2.24, 2.45) is 5.16 Å². The summed E-state index contributed by atoms with van der Waals surface area (Å²) in [6.45, 7) is 2.41. The Hall–Kier alpha value is -0.590. The Morgan fingerprint density at radius 2 is 1.90 bits per heavy atom. The van der Waals surface area contributed by atoms with Crippen LogP contribution in [0.15, 0.2) is 46.9 Å². The first-order valence-corrected chi connectivity index (χ1v) is 15.8. The molecule has 10 heteroatoms. The van der Waals surface area contributed by atoms with Gasteiger partial charge in [-0.05, 0) is 73.2 Å². The topological polar surface area (TPSA) is 49.3 Å². The van der Waals surface area contributed by atoms with E-state index >= 15 is 0 Å². The lowest BCUT2D eigenvalue weighted by Gasteiger charge is -2.29. The van der Waals surface area contributed by atoms with Crippen molar-refractivity contribution in [1.29, 1.82) is 0 Å². The second-order valence-electron chi connectivity index (χ2n) is 6.38. The van der Waals surface area contributed by atoms with E-state index in [1.165, 1.54) is 0 Å². The van der Waals surface area contributed by atoms with E-state index in [2.05, 4.69) is 16.6 Å². The molecule has 158 valence electrons. The highest BCUT2D eigenvalue weighted by Gasteiger charge is 2.38. The van der Waals surface area contributed by atoms with Crippen molar-refractivity contribution < 1.29 is 18.4 Å². The van der Waals surface area contributed by atoms with E-state index in [1.807, 2.05) is 44.2 Å². The molecule has 0 N–H and O–H groups in total. The van der Waals surface area contributed by atoms with E-state index in [1.54, 1.807) is 18.4 Å². The van der Waals surface area contributed by atoms with E-state index in [4.69, 9.17) is 42.0 Å². The Kier molecular flexibility index (Phi) is 8.07. The van der Waals surface area contributed by atoms with Gasteiger partial charge in [-0.15, -0.1) is 11.3 Å². The zero-order chi connectivity index (χ0) is 20.9. The number of hydrogen-bond donors (Lipinski definition) is 0. The minimum Gasteiger partial charge on any atom is -0.497 e. The fraction of sp³-hybridized carbons (Fsp3) is 0.421. The first kappa shape index (κ1) is 23.1. The van der Waals surface area contributed by atoms with Crippen LogP contribution in [0.4, 0.5) is 0 Å². The third-order valence-corrected chi connectivity index (χ3v) is 12.9. The maximum atomic E-state index is 6.01. The Balaban J connectivity index is 1.82. The van der Waals surface area contributed by atoms with Gasteiger partial charge < -0.3 is 18.4 Å². The van der Waals surface area contributed by atoms with Crippen LogP contribution >= 0.6 is 24.1 Å². The molecule has 2 unspecified atom stereocenters. The SMILES string of the molecule is CCOP(=S)(OCC)C(CC1=NOP(=S)(c2ccc(OC)cc2)C1)c1cccs1. The number of methoxy groups -OCH3 is 1. The summed E-state index contributed by atoms with van der Waals surface area (Å²) in [7, 11) is 1.65. The minimum atomic E-state index is -2.53. The molecule has 0 amide bonds. The first-order chi connectivity index (χ1) is 13.9. The lowest BCUT2D eigenvalue weighted by Crippen LogP contribution is -2.13. The molecule has 1 aliphatic heterocycles. The van der Waals surface area contributed by atoms with Crippen molar-refractivity contribution in [2.75, 3.05) is 26.5 Å². The predicted octanol–water partition coefficient (Wildman–Crippen LogP) is 5.68. The highest BCUT2D eigenvalue weighted by Crippen LogP contribution is 2.64. The molecule has 2 atom stereocenters. The van der Waals surface area contributed by atoms with Crippen LogP contribution in [0.2, 0.25) is 0 Å². The Labute approximate surface area is 186 Å². The van der Waals surface area contributed by atoms with Gasteiger partial charge in [0.25, 0.3) is 0 Å². The lowest BCUT2D eigenvalue weighted by atomic mass is 10.2. The molecule has 2 aromatic rings. The molecule has 29 heavy (non-hydrogen) atoms. The summed E-state index contributed by atoms with van der Waals surface area (Å²) in [5.74, 6) is 0.794. The van der Waals surface area contributed by atoms with Gasteiger partial charge in [-0.2, -0.15) is 0 Å². The van der Waals surface area contributed by atoms with Crippen molar-refractivity contribution in [3.05, 3.63) is 46.7 Å². The molecule has 1 aliphatic rings. The number of oxime groups is 1. The van der Waals surface area contributed by atoms with Gasteiger partial charge in [0.15, 0.2) is 12.8 Å². The molecule has 0 saturated heterocycles. The normalized spacial score (nSPS) is 20.2. The molecule has 2 heterocycles. The number of hydrogen-bond acceptors (Lipinski definition) is 8. The molecule has 1 aromatic carbocycles. The third-order valence-electron chi connectivity index (χ3n) is 4.46. The van der Waals surface area contributed by atoms with E-state index in [9.17, 15) is 0 Å². The average molecular weight is 490 g/mol. The molecular formula is C19H25NO4P2S3. The fourth-order valence-electron chi connectivity index (χ4n) is 3.12. The van der Waals surface area contributed by atoms with Crippen molar-refractivity contribution >= 4 is 58.7 Å². The summed E-state index contributed by atoms with van der Waals surface area (Å²) in [5, 5.41) is 7.43. The van der Waals surface area contributed by atoms with Gasteiger partial charge in [-0.3, -0.25) is 0 Å². The summed E-state index contributed by atoms with van der Waals surface area (Å²) in [6.07, 6.45) is -0.990. The zero-order valence-electron chi connectivity index (χ0n) is 16.6. The standard InChI is InChI=1S/C19H25NO4P2S3/c1-4-22-26(28,23-5-2)18(19-7-6-12-29-19)13-15-14-25(27,24-20-15)17-10-8-16(21-3)9-11-17/h6-12,18H,4-5,13-14H2,1-3H3. The quantitative estimate of drug-likeness (QED) is 0.401. The molecule has 0 spiro atoms. The van der Waals surface area contributed by atoms with Crippen molar-refractivity contribution in [1.82, 2.24) is 0 Å². The summed E-state index contributed by atoms with van der Waals surface area (Å²) >= 11 is 13.5. The van der Waals surface area contributed by atoms with Crippen LogP contribution in [0, 0.1) is 0 Å². The second kappa shape index (κ2) is 10.1. The van der Waals surface area contributed by atoms with Gasteiger partial charge in [0.1, 0.15) is 5.75 Å². The van der Waals surface area contributed by atoms with Crippen LogP contribution in [0.1, 0.15) is 30.8 Å². The van der Waals surface area contributed by atoms with Gasteiger partial charge >= 0.3 is 0 Å². The number of nitrogens with zero attached hydrogens (tertiary/aromatic N) is 1. The maximum absolute atomic E-state index is 6.01. The molecule has 0 saturated carbocycles. The number of rotatable bonds is 10. The van der Waals surface area contributed by atoms with Crippen LogP contribution in [0.5, 0.6) is 5.75 Å². The van der Waals surface area contributed by atoms with Crippen molar-refractivity contribution in [3.63, 3.8) is 0 Å². The highest BCUT2D eigenvalue weighted by molar-refractivity contribution is 8.16. The summed E-state index contributed by atoms with van der Waals surface area (Å²) in [6, 6.07) is 11.9. The molecule has 5 nitrogen and oxygen atoms in total. The molecule has 0 radical (unpaired) electrons. The first-order valence-electron chi connectivity index (χ1n) is 9.34. The Morgan fingerprint density at radius 1 is 1.21 bits per heavy atom.